The summed E-state index contributed by atoms with van der Waals surface area (Å²) in [5.74, 6) is 1.80. The third kappa shape index (κ3) is 3.64. The van der Waals surface area contributed by atoms with E-state index in [1.54, 1.807) is 0 Å². The fourth-order valence-corrected chi connectivity index (χ4v) is 4.51. The van der Waals surface area contributed by atoms with E-state index in [1.807, 2.05) is 12.1 Å². The second-order valence-electron chi connectivity index (χ2n) is 8.64. The minimum atomic E-state index is 0.427. The molecule has 0 saturated heterocycles. The number of rotatable bonds is 5. The van der Waals surface area contributed by atoms with Crippen molar-refractivity contribution < 1.29 is 4.74 Å². The van der Waals surface area contributed by atoms with E-state index in [1.165, 1.54) is 38.6 Å². The van der Waals surface area contributed by atoms with Gasteiger partial charge in [-0.25, -0.2) is 4.98 Å². The van der Waals surface area contributed by atoms with Crippen molar-refractivity contribution in [2.45, 2.75) is 40.8 Å². The smallest absolute Gasteiger partial charge is 0.148 e. The maximum Gasteiger partial charge on any atom is 0.148 e. The number of nitrogens with zero attached hydrogens (tertiary/aromatic N) is 2. The fourth-order valence-electron chi connectivity index (χ4n) is 4.51. The number of aryl methyl sites for hydroxylation is 2. The molecule has 5 aromatic rings. The molecule has 0 unspecified atom stereocenters. The molecule has 160 valence electrons. The number of imidazole rings is 1. The van der Waals surface area contributed by atoms with Crippen LogP contribution in [0.2, 0.25) is 0 Å². The van der Waals surface area contributed by atoms with Crippen LogP contribution in [0.3, 0.4) is 0 Å². The topological polar surface area (TPSA) is 27.1 Å². The van der Waals surface area contributed by atoms with Crippen molar-refractivity contribution in [2.75, 3.05) is 0 Å². The van der Waals surface area contributed by atoms with Gasteiger partial charge in [0.1, 0.15) is 18.2 Å². The normalized spacial score (nSPS) is 11.4. The SMILES string of the molecule is Cc1cc(C)c(C)c(Cn2c(COc3ccc4ccccc4c3)nc3ccccc32)c1C. The number of aromatic nitrogens is 2. The van der Waals surface area contributed by atoms with Gasteiger partial charge in [-0.15, -0.1) is 0 Å². The summed E-state index contributed by atoms with van der Waals surface area (Å²) in [6.45, 7) is 10.1. The summed E-state index contributed by atoms with van der Waals surface area (Å²) in [7, 11) is 0. The van der Waals surface area contributed by atoms with Crippen LogP contribution in [0.15, 0.2) is 72.8 Å². The van der Waals surface area contributed by atoms with Crippen molar-refractivity contribution in [1.82, 2.24) is 9.55 Å². The molecule has 0 aliphatic carbocycles. The first-order valence-electron chi connectivity index (χ1n) is 11.1. The molecule has 0 aliphatic heterocycles. The summed E-state index contributed by atoms with van der Waals surface area (Å²) in [6.07, 6.45) is 0. The Bertz CT molecular complexity index is 1420. The van der Waals surface area contributed by atoms with E-state index in [0.29, 0.717) is 6.61 Å². The highest BCUT2D eigenvalue weighted by atomic mass is 16.5. The van der Waals surface area contributed by atoms with Crippen LogP contribution in [-0.4, -0.2) is 9.55 Å². The lowest BCUT2D eigenvalue weighted by molar-refractivity contribution is 0.291. The van der Waals surface area contributed by atoms with Crippen LogP contribution in [0.4, 0.5) is 0 Å². The zero-order chi connectivity index (χ0) is 22.2. The molecule has 0 radical (unpaired) electrons. The summed E-state index contributed by atoms with van der Waals surface area (Å²) in [5, 5.41) is 2.40. The fraction of sp³-hybridized carbons (Fsp3) is 0.207. The zero-order valence-electron chi connectivity index (χ0n) is 19.1. The molecule has 0 spiro atoms. The number of hydrogen-bond donors (Lipinski definition) is 0. The quantitative estimate of drug-likeness (QED) is 0.305. The van der Waals surface area contributed by atoms with Gasteiger partial charge in [-0.05, 0) is 90.6 Å². The summed E-state index contributed by atoms with van der Waals surface area (Å²) < 4.78 is 8.54. The van der Waals surface area contributed by atoms with Crippen molar-refractivity contribution in [3.63, 3.8) is 0 Å². The van der Waals surface area contributed by atoms with Crippen LogP contribution in [-0.2, 0) is 13.2 Å². The number of para-hydroxylation sites is 2. The summed E-state index contributed by atoms with van der Waals surface area (Å²) in [5.41, 5.74) is 8.90. The van der Waals surface area contributed by atoms with E-state index in [9.17, 15) is 0 Å². The van der Waals surface area contributed by atoms with Crippen LogP contribution in [0.1, 0.15) is 33.6 Å². The van der Waals surface area contributed by atoms with Gasteiger partial charge in [-0.3, -0.25) is 0 Å². The highest BCUT2D eigenvalue weighted by Gasteiger charge is 2.15. The number of ether oxygens (including phenoxy) is 1. The minimum Gasteiger partial charge on any atom is -0.486 e. The molecule has 0 saturated carbocycles. The standard InChI is InChI=1S/C29H28N2O/c1-19-15-20(2)22(4)26(21(19)3)17-31-28-12-8-7-11-27(28)30-29(31)18-32-25-14-13-23-9-5-6-10-24(23)16-25/h5-16H,17-18H2,1-4H3. The molecule has 0 atom stereocenters. The molecule has 1 heterocycles. The first kappa shape index (κ1) is 20.3. The molecule has 0 N–H and O–H groups in total. The maximum atomic E-state index is 6.23. The molecule has 5 rings (SSSR count). The summed E-state index contributed by atoms with van der Waals surface area (Å²) in [4.78, 5) is 4.93. The molecule has 0 fully saturated rings. The van der Waals surface area contributed by atoms with Gasteiger partial charge in [0, 0.05) is 0 Å². The number of benzene rings is 4. The van der Waals surface area contributed by atoms with Crippen LogP contribution >= 0.6 is 0 Å². The lowest BCUT2D eigenvalue weighted by Gasteiger charge is -2.18. The van der Waals surface area contributed by atoms with Crippen molar-refractivity contribution in [3.8, 4) is 5.75 Å². The average molecular weight is 421 g/mol. The molecule has 0 bridgehead atoms. The molecule has 0 amide bonds. The Balaban J connectivity index is 1.52. The predicted octanol–water partition coefficient (Wildman–Crippen LogP) is 7.05. The van der Waals surface area contributed by atoms with Gasteiger partial charge in [0.2, 0.25) is 0 Å². The molecular formula is C29H28N2O. The first-order valence-corrected chi connectivity index (χ1v) is 11.1. The number of hydrogen-bond acceptors (Lipinski definition) is 2. The molecule has 3 heteroatoms. The van der Waals surface area contributed by atoms with Crippen molar-refractivity contribution >= 4 is 21.8 Å². The lowest BCUT2D eigenvalue weighted by Crippen LogP contribution is -2.11. The van der Waals surface area contributed by atoms with Gasteiger partial charge in [0.05, 0.1) is 17.6 Å². The third-order valence-corrected chi connectivity index (χ3v) is 6.66. The highest BCUT2D eigenvalue weighted by Crippen LogP contribution is 2.27. The van der Waals surface area contributed by atoms with E-state index in [4.69, 9.17) is 9.72 Å². The molecule has 32 heavy (non-hydrogen) atoms. The Hall–Kier alpha value is -3.59. The van der Waals surface area contributed by atoms with Crippen molar-refractivity contribution in [2.24, 2.45) is 0 Å². The van der Waals surface area contributed by atoms with Crippen molar-refractivity contribution in [1.29, 1.82) is 0 Å². The van der Waals surface area contributed by atoms with Gasteiger partial charge in [-0.2, -0.15) is 0 Å². The van der Waals surface area contributed by atoms with E-state index in [2.05, 4.69) is 92.9 Å². The summed E-state index contributed by atoms with van der Waals surface area (Å²) in [6, 6.07) is 25.2. The van der Waals surface area contributed by atoms with E-state index >= 15 is 0 Å². The van der Waals surface area contributed by atoms with E-state index in [0.717, 1.165) is 29.2 Å². The van der Waals surface area contributed by atoms with E-state index in [-0.39, 0.29) is 0 Å². The molecule has 0 aliphatic rings. The largest absolute Gasteiger partial charge is 0.486 e. The first-order chi connectivity index (χ1) is 15.5. The Labute approximate surface area is 189 Å². The minimum absolute atomic E-state index is 0.427. The lowest BCUT2D eigenvalue weighted by atomic mass is 9.94. The highest BCUT2D eigenvalue weighted by molar-refractivity contribution is 5.83. The van der Waals surface area contributed by atoms with Gasteiger partial charge < -0.3 is 9.30 Å². The van der Waals surface area contributed by atoms with Crippen LogP contribution in [0, 0.1) is 27.7 Å². The Morgan fingerprint density at radius 2 is 1.44 bits per heavy atom. The number of fused-ring (bicyclic) bond motifs is 2. The van der Waals surface area contributed by atoms with Gasteiger partial charge in [-0.1, -0.05) is 48.5 Å². The van der Waals surface area contributed by atoms with Gasteiger partial charge >= 0.3 is 0 Å². The van der Waals surface area contributed by atoms with Crippen LogP contribution < -0.4 is 4.74 Å². The average Bonchev–Trinajstić information content (AvgIpc) is 3.16. The molecule has 3 nitrogen and oxygen atoms in total. The van der Waals surface area contributed by atoms with Crippen LogP contribution in [0.5, 0.6) is 5.75 Å². The van der Waals surface area contributed by atoms with Gasteiger partial charge in [0.25, 0.3) is 0 Å². The Morgan fingerprint density at radius 3 is 2.22 bits per heavy atom. The second kappa shape index (κ2) is 8.16. The molecular weight excluding hydrogens is 392 g/mol. The van der Waals surface area contributed by atoms with Crippen LogP contribution in [0.25, 0.3) is 21.8 Å². The van der Waals surface area contributed by atoms with Crippen molar-refractivity contribution in [3.05, 3.63) is 106 Å². The molecule has 4 aromatic carbocycles. The maximum absolute atomic E-state index is 6.23. The van der Waals surface area contributed by atoms with E-state index < -0.39 is 0 Å². The summed E-state index contributed by atoms with van der Waals surface area (Å²) >= 11 is 0. The Kier molecular flexibility index (Phi) is 5.18. The third-order valence-electron chi connectivity index (χ3n) is 6.66. The zero-order valence-corrected chi connectivity index (χ0v) is 19.1. The Morgan fingerprint density at radius 1 is 0.750 bits per heavy atom. The molecule has 1 aromatic heterocycles. The second-order valence-corrected chi connectivity index (χ2v) is 8.64. The monoisotopic (exact) mass is 420 g/mol. The van der Waals surface area contributed by atoms with Gasteiger partial charge in [0.15, 0.2) is 0 Å². The predicted molar refractivity (Wildman–Crippen MR) is 133 cm³/mol.